The van der Waals surface area contributed by atoms with Crippen LogP contribution in [0, 0.1) is 0 Å². The van der Waals surface area contributed by atoms with Crippen LogP contribution < -0.4 is 5.32 Å². The molecule has 3 aromatic rings. The lowest BCUT2D eigenvalue weighted by molar-refractivity contribution is -0.122. The van der Waals surface area contributed by atoms with Crippen molar-refractivity contribution in [1.29, 1.82) is 0 Å². The minimum atomic E-state index is -0.287. The largest absolute Gasteiger partial charge is 0.352 e. The van der Waals surface area contributed by atoms with Crippen LogP contribution in [0.15, 0.2) is 66.9 Å². The van der Waals surface area contributed by atoms with E-state index < -0.39 is 0 Å². The fraction of sp³-hybridized carbons (Fsp3) is 0.238. The van der Waals surface area contributed by atoms with Crippen molar-refractivity contribution in [3.8, 4) is 0 Å². The Labute approximate surface area is 147 Å². The minimum Gasteiger partial charge on any atom is -0.352 e. The van der Waals surface area contributed by atoms with Crippen molar-refractivity contribution in [2.75, 3.05) is 0 Å². The van der Waals surface area contributed by atoms with Crippen molar-refractivity contribution < 1.29 is 4.79 Å². The number of aromatic amines is 1. The number of carbonyl (C=O) groups is 1. The lowest BCUT2D eigenvalue weighted by Crippen LogP contribution is -2.41. The molecule has 2 aromatic carbocycles. The molecule has 0 fully saturated rings. The summed E-state index contributed by atoms with van der Waals surface area (Å²) in [5.74, 6) is -0.226. The molecule has 4 heteroatoms. The molecule has 0 spiro atoms. The fourth-order valence-electron chi connectivity index (χ4n) is 3.60. The van der Waals surface area contributed by atoms with E-state index in [1.54, 1.807) is 0 Å². The molecule has 0 saturated heterocycles. The van der Waals surface area contributed by atoms with E-state index in [0.29, 0.717) is 0 Å². The van der Waals surface area contributed by atoms with Gasteiger partial charge in [0, 0.05) is 18.2 Å². The van der Waals surface area contributed by atoms with Crippen LogP contribution in [-0.2, 0) is 17.6 Å². The molecular formula is C21H21N3O. The van der Waals surface area contributed by atoms with Gasteiger partial charge < -0.3 is 5.32 Å². The van der Waals surface area contributed by atoms with E-state index in [-0.39, 0.29) is 17.9 Å². The zero-order chi connectivity index (χ0) is 17.1. The maximum Gasteiger partial charge on any atom is 0.232 e. The van der Waals surface area contributed by atoms with Gasteiger partial charge in [0.05, 0.1) is 12.1 Å². The van der Waals surface area contributed by atoms with Crippen molar-refractivity contribution in [2.24, 2.45) is 0 Å². The SMILES string of the molecule is O=C(NC1CCc2cn[nH]c2C1)C(c1ccccc1)c1ccccc1. The molecule has 126 valence electrons. The average Bonchev–Trinajstić information content (AvgIpc) is 3.11. The van der Waals surface area contributed by atoms with E-state index >= 15 is 0 Å². The molecule has 1 aromatic heterocycles. The summed E-state index contributed by atoms with van der Waals surface area (Å²) in [6.45, 7) is 0. The highest BCUT2D eigenvalue weighted by Gasteiger charge is 2.27. The number of carbonyl (C=O) groups excluding carboxylic acids is 1. The quantitative estimate of drug-likeness (QED) is 0.771. The zero-order valence-corrected chi connectivity index (χ0v) is 14.0. The van der Waals surface area contributed by atoms with Crippen molar-refractivity contribution >= 4 is 5.91 Å². The monoisotopic (exact) mass is 331 g/mol. The van der Waals surface area contributed by atoms with Crippen LogP contribution in [-0.4, -0.2) is 22.1 Å². The Balaban J connectivity index is 1.56. The Morgan fingerprint density at radius 2 is 1.68 bits per heavy atom. The van der Waals surface area contributed by atoms with Gasteiger partial charge in [0.1, 0.15) is 0 Å². The lowest BCUT2D eigenvalue weighted by Gasteiger charge is -2.26. The summed E-state index contributed by atoms with van der Waals surface area (Å²) < 4.78 is 0. The van der Waals surface area contributed by atoms with Crippen LogP contribution in [0.4, 0.5) is 0 Å². The molecule has 0 aliphatic heterocycles. The summed E-state index contributed by atoms with van der Waals surface area (Å²) in [6.07, 6.45) is 4.62. The van der Waals surface area contributed by atoms with Crippen LogP contribution in [0.3, 0.4) is 0 Å². The molecule has 25 heavy (non-hydrogen) atoms. The first kappa shape index (κ1) is 15.6. The number of nitrogens with one attached hydrogen (secondary N) is 2. The summed E-state index contributed by atoms with van der Waals surface area (Å²) in [4.78, 5) is 13.1. The second-order valence-electron chi connectivity index (χ2n) is 6.58. The van der Waals surface area contributed by atoms with Gasteiger partial charge >= 0.3 is 0 Å². The molecule has 1 unspecified atom stereocenters. The summed E-state index contributed by atoms with van der Waals surface area (Å²) in [6, 6.07) is 20.1. The van der Waals surface area contributed by atoms with E-state index in [2.05, 4.69) is 15.5 Å². The molecular weight excluding hydrogens is 310 g/mol. The second-order valence-corrected chi connectivity index (χ2v) is 6.58. The average molecular weight is 331 g/mol. The Kier molecular flexibility index (Phi) is 4.34. The highest BCUT2D eigenvalue weighted by molar-refractivity contribution is 5.87. The highest BCUT2D eigenvalue weighted by Crippen LogP contribution is 2.26. The van der Waals surface area contributed by atoms with Gasteiger partial charge in [-0.15, -0.1) is 0 Å². The molecule has 4 rings (SSSR count). The molecule has 0 bridgehead atoms. The summed E-state index contributed by atoms with van der Waals surface area (Å²) in [5, 5.41) is 10.4. The maximum atomic E-state index is 13.1. The van der Waals surface area contributed by atoms with E-state index in [0.717, 1.165) is 36.1 Å². The number of hydrogen-bond acceptors (Lipinski definition) is 2. The van der Waals surface area contributed by atoms with Gasteiger partial charge in [0.25, 0.3) is 0 Å². The van der Waals surface area contributed by atoms with Crippen molar-refractivity contribution in [3.05, 3.63) is 89.2 Å². The molecule has 0 saturated carbocycles. The Bertz CT molecular complexity index is 802. The number of H-pyrrole nitrogens is 1. The van der Waals surface area contributed by atoms with Gasteiger partial charge in [0.15, 0.2) is 0 Å². The third kappa shape index (κ3) is 3.33. The van der Waals surface area contributed by atoms with Crippen molar-refractivity contribution in [3.63, 3.8) is 0 Å². The molecule has 1 aliphatic carbocycles. The van der Waals surface area contributed by atoms with Gasteiger partial charge in [0.2, 0.25) is 5.91 Å². The van der Waals surface area contributed by atoms with Gasteiger partial charge in [-0.05, 0) is 29.5 Å². The third-order valence-corrected chi connectivity index (χ3v) is 4.89. The Morgan fingerprint density at radius 1 is 1.04 bits per heavy atom. The molecule has 4 nitrogen and oxygen atoms in total. The van der Waals surface area contributed by atoms with Crippen molar-refractivity contribution in [2.45, 2.75) is 31.2 Å². The Morgan fingerprint density at radius 3 is 2.32 bits per heavy atom. The summed E-state index contributed by atoms with van der Waals surface area (Å²) in [7, 11) is 0. The number of aromatic nitrogens is 2. The molecule has 1 aliphatic rings. The fourth-order valence-corrected chi connectivity index (χ4v) is 3.60. The lowest BCUT2D eigenvalue weighted by atomic mass is 9.89. The number of fused-ring (bicyclic) bond motifs is 1. The van der Waals surface area contributed by atoms with E-state index in [1.807, 2.05) is 66.9 Å². The Hall–Kier alpha value is -2.88. The first-order chi connectivity index (χ1) is 12.3. The summed E-state index contributed by atoms with van der Waals surface area (Å²) in [5.41, 5.74) is 4.45. The van der Waals surface area contributed by atoms with E-state index in [9.17, 15) is 4.79 Å². The molecule has 1 atom stereocenters. The van der Waals surface area contributed by atoms with Gasteiger partial charge in [-0.3, -0.25) is 9.89 Å². The smallest absolute Gasteiger partial charge is 0.232 e. The molecule has 0 radical (unpaired) electrons. The van der Waals surface area contributed by atoms with E-state index in [1.165, 1.54) is 5.56 Å². The molecule has 1 amide bonds. The predicted molar refractivity (Wildman–Crippen MR) is 97.3 cm³/mol. The number of hydrogen-bond donors (Lipinski definition) is 2. The standard InChI is InChI=1S/C21H21N3O/c25-21(23-18-12-11-17-14-22-24-19(17)13-18)20(15-7-3-1-4-8-15)16-9-5-2-6-10-16/h1-10,14,18,20H,11-13H2,(H,22,24)(H,23,25). The number of amides is 1. The van der Waals surface area contributed by atoms with Crippen LogP contribution in [0.5, 0.6) is 0 Å². The number of rotatable bonds is 4. The highest BCUT2D eigenvalue weighted by atomic mass is 16.1. The summed E-state index contributed by atoms with van der Waals surface area (Å²) >= 11 is 0. The van der Waals surface area contributed by atoms with Crippen LogP contribution in [0.2, 0.25) is 0 Å². The third-order valence-electron chi connectivity index (χ3n) is 4.89. The number of nitrogens with zero attached hydrogens (tertiary/aromatic N) is 1. The van der Waals surface area contributed by atoms with Crippen LogP contribution in [0.1, 0.15) is 34.7 Å². The topological polar surface area (TPSA) is 57.8 Å². The zero-order valence-electron chi connectivity index (χ0n) is 14.0. The molecule has 1 heterocycles. The van der Waals surface area contributed by atoms with Gasteiger partial charge in [-0.1, -0.05) is 60.7 Å². The first-order valence-electron chi connectivity index (χ1n) is 8.72. The van der Waals surface area contributed by atoms with Gasteiger partial charge in [-0.25, -0.2) is 0 Å². The van der Waals surface area contributed by atoms with Crippen LogP contribution >= 0.6 is 0 Å². The molecule has 2 N–H and O–H groups in total. The van der Waals surface area contributed by atoms with Gasteiger partial charge in [-0.2, -0.15) is 5.10 Å². The van der Waals surface area contributed by atoms with E-state index in [4.69, 9.17) is 0 Å². The number of benzene rings is 2. The second kappa shape index (κ2) is 6.93. The first-order valence-corrected chi connectivity index (χ1v) is 8.72. The minimum absolute atomic E-state index is 0.0605. The normalized spacial score (nSPS) is 16.4. The predicted octanol–water partition coefficient (Wildman–Crippen LogP) is 3.22. The van der Waals surface area contributed by atoms with Crippen molar-refractivity contribution in [1.82, 2.24) is 15.5 Å². The number of aryl methyl sites for hydroxylation is 1. The maximum absolute atomic E-state index is 13.1. The van der Waals surface area contributed by atoms with Crippen LogP contribution in [0.25, 0.3) is 0 Å².